The van der Waals surface area contributed by atoms with Gasteiger partial charge in [-0.2, -0.15) is 0 Å². The summed E-state index contributed by atoms with van der Waals surface area (Å²) in [6.07, 6.45) is 4.99. The van der Waals surface area contributed by atoms with Crippen LogP contribution < -0.4 is 0 Å². The molecule has 13 rings (SSSR count). The topological polar surface area (TPSA) is 38.7 Å². The van der Waals surface area contributed by atoms with Crippen LogP contribution in [0.4, 0.5) is 0 Å². The third kappa shape index (κ3) is 10.5. The van der Waals surface area contributed by atoms with Crippen LogP contribution in [0.2, 0.25) is 0 Å². The first-order valence-electron chi connectivity index (χ1n) is 31.7. The molecule has 3 aromatic heterocycles. The number of aromatic nitrogens is 3. The quantitative estimate of drug-likeness (QED) is 0.122. The van der Waals surface area contributed by atoms with Crippen molar-refractivity contribution in [2.75, 3.05) is 0 Å². The van der Waals surface area contributed by atoms with Gasteiger partial charge in [0, 0.05) is 55.4 Å². The van der Waals surface area contributed by atoms with Gasteiger partial charge in [-0.25, -0.2) is 0 Å². The van der Waals surface area contributed by atoms with Crippen molar-refractivity contribution in [3.63, 3.8) is 0 Å². The van der Waals surface area contributed by atoms with Gasteiger partial charge in [-0.1, -0.05) is 238 Å². The van der Waals surface area contributed by atoms with E-state index in [0.717, 1.165) is 109 Å². The fourth-order valence-electron chi connectivity index (χ4n) is 10.8. The van der Waals surface area contributed by atoms with Gasteiger partial charge < -0.3 is 0 Å². The Labute approximate surface area is 510 Å². The van der Waals surface area contributed by atoms with Gasteiger partial charge in [0.15, 0.2) is 0 Å². The van der Waals surface area contributed by atoms with Gasteiger partial charge in [-0.15, -0.1) is 0 Å². The van der Waals surface area contributed by atoms with Crippen molar-refractivity contribution in [3.8, 4) is 134 Å². The van der Waals surface area contributed by atoms with Gasteiger partial charge in [-0.3, -0.25) is 15.0 Å². The first kappa shape index (κ1) is 41.6. The molecule has 0 N–H and O–H groups in total. The Hall–Kier alpha value is -9.39. The smallest absolute Gasteiger partial charge is 0.0705 e. The lowest BCUT2D eigenvalue weighted by Gasteiger charge is -2.20. The van der Waals surface area contributed by atoms with Crippen molar-refractivity contribution in [2.45, 2.75) is 13.8 Å². The molecule has 0 atom stereocenters. The van der Waals surface area contributed by atoms with E-state index in [-0.39, 0.29) is 35.3 Å². The van der Waals surface area contributed by atoms with Crippen LogP contribution in [0.25, 0.3) is 134 Å². The largest absolute Gasteiger partial charge is 0.256 e. The molecule has 0 unspecified atom stereocenters. The second-order valence-electron chi connectivity index (χ2n) is 19.9. The standard InChI is InChI=1S/C77H53Br2N3/c1-50-40-76(81-48-71(50)53-22-8-4-9-23-53)56-34-37-68(73(78)46-56)65-30-16-13-27-62(65)59-42-58(61-26-12-15-29-64(61)67-36-33-55(75-32-18-19-39-80-75)45-70(67)52-20-6-3-7-21-52)43-60(44-59)63-28-14-17-31-66(63)69-38-35-57(47-74(69)79)77-41-51(2)72(49-82-77)54-24-10-5-11-25-54/h3-49H,1-2H3/i4D,5D,8D,9D,10D,11D,22D,23D,24D,25D. The average Bonchev–Trinajstić information content (AvgIpc) is 0.851. The third-order valence-electron chi connectivity index (χ3n) is 14.9. The van der Waals surface area contributed by atoms with E-state index in [1.807, 2.05) is 92.8 Å². The maximum Gasteiger partial charge on any atom is 0.0705 e. The summed E-state index contributed by atoms with van der Waals surface area (Å²) >= 11 is 7.98. The number of hydrogen-bond donors (Lipinski definition) is 0. The Morgan fingerprint density at radius 2 is 0.659 bits per heavy atom. The van der Waals surface area contributed by atoms with Crippen molar-refractivity contribution in [1.82, 2.24) is 15.0 Å². The zero-order valence-electron chi connectivity index (χ0n) is 54.5. The van der Waals surface area contributed by atoms with Crippen LogP contribution in [-0.4, -0.2) is 15.0 Å². The molecule has 0 saturated carbocycles. The van der Waals surface area contributed by atoms with E-state index in [4.69, 9.17) is 28.7 Å². The summed E-state index contributed by atoms with van der Waals surface area (Å²) < 4.78 is 85.6. The Balaban J connectivity index is 0.939. The molecule has 5 heteroatoms. The van der Waals surface area contributed by atoms with Crippen LogP contribution in [0.3, 0.4) is 0 Å². The zero-order chi connectivity index (χ0) is 64.2. The molecule has 390 valence electrons. The maximum absolute atomic E-state index is 8.63. The summed E-state index contributed by atoms with van der Waals surface area (Å²) in [7, 11) is 0. The molecule has 82 heavy (non-hydrogen) atoms. The molecular weight excluding hydrogens is 1130 g/mol. The van der Waals surface area contributed by atoms with Gasteiger partial charge in [0.1, 0.15) is 0 Å². The highest BCUT2D eigenvalue weighted by Gasteiger charge is 2.21. The molecule has 3 heterocycles. The molecule has 0 aliphatic carbocycles. The number of aryl methyl sites for hydroxylation is 2. The van der Waals surface area contributed by atoms with Crippen molar-refractivity contribution in [2.24, 2.45) is 0 Å². The lowest BCUT2D eigenvalue weighted by Crippen LogP contribution is -1.94. The molecule has 0 aliphatic heterocycles. The normalized spacial score (nSPS) is 12.9. The molecule has 13 aromatic rings. The Kier molecular flexibility index (Phi) is 11.7. The molecule has 0 bridgehead atoms. The molecule has 0 radical (unpaired) electrons. The van der Waals surface area contributed by atoms with Crippen molar-refractivity contribution in [1.29, 1.82) is 0 Å². The lowest BCUT2D eigenvalue weighted by molar-refractivity contribution is 1.28. The highest BCUT2D eigenvalue weighted by Crippen LogP contribution is 2.46. The van der Waals surface area contributed by atoms with Gasteiger partial charge >= 0.3 is 0 Å². The molecular formula is C77H53Br2N3. The van der Waals surface area contributed by atoms with E-state index in [1.165, 1.54) is 0 Å². The number of nitrogens with zero attached hydrogens (tertiary/aromatic N) is 3. The summed E-state index contributed by atoms with van der Waals surface area (Å²) in [6.45, 7) is 3.72. The Morgan fingerprint density at radius 1 is 0.268 bits per heavy atom. The van der Waals surface area contributed by atoms with Gasteiger partial charge in [0.05, 0.1) is 30.8 Å². The molecule has 0 fully saturated rings. The first-order chi connectivity index (χ1) is 44.4. The molecule has 0 spiro atoms. The predicted molar refractivity (Wildman–Crippen MR) is 350 cm³/mol. The number of hydrogen-bond acceptors (Lipinski definition) is 3. The zero-order valence-corrected chi connectivity index (χ0v) is 47.6. The molecule has 10 aromatic carbocycles. The maximum atomic E-state index is 8.63. The second-order valence-corrected chi connectivity index (χ2v) is 21.6. The van der Waals surface area contributed by atoms with E-state index in [9.17, 15) is 0 Å². The van der Waals surface area contributed by atoms with Crippen LogP contribution >= 0.6 is 31.9 Å². The van der Waals surface area contributed by atoms with Gasteiger partial charge in [0.2, 0.25) is 0 Å². The molecule has 3 nitrogen and oxygen atoms in total. The fourth-order valence-corrected chi connectivity index (χ4v) is 12.0. The monoisotopic (exact) mass is 1190 g/mol. The summed E-state index contributed by atoms with van der Waals surface area (Å²) in [5, 5.41) is 0. The van der Waals surface area contributed by atoms with Gasteiger partial charge in [0.25, 0.3) is 0 Å². The second kappa shape index (κ2) is 23.0. The minimum Gasteiger partial charge on any atom is -0.256 e. The van der Waals surface area contributed by atoms with Crippen molar-refractivity contribution in [3.05, 3.63) is 305 Å². The number of rotatable bonds is 12. The first-order valence-corrected chi connectivity index (χ1v) is 28.3. The van der Waals surface area contributed by atoms with Crippen molar-refractivity contribution < 1.29 is 13.7 Å². The third-order valence-corrected chi connectivity index (χ3v) is 16.2. The van der Waals surface area contributed by atoms with E-state index in [2.05, 4.69) is 165 Å². The Bertz CT molecular complexity index is 4830. The van der Waals surface area contributed by atoms with E-state index in [1.54, 1.807) is 12.4 Å². The van der Waals surface area contributed by atoms with Crippen LogP contribution in [0.15, 0.2) is 294 Å². The highest BCUT2D eigenvalue weighted by molar-refractivity contribution is 9.11. The number of pyridine rings is 3. The van der Waals surface area contributed by atoms with Gasteiger partial charge in [-0.05, 0) is 175 Å². The van der Waals surface area contributed by atoms with Crippen LogP contribution in [0, 0.1) is 13.8 Å². The summed E-state index contributed by atoms with van der Waals surface area (Å²) in [5.74, 6) is 0. The molecule has 0 amide bonds. The van der Waals surface area contributed by atoms with Crippen LogP contribution in [0.1, 0.15) is 24.8 Å². The van der Waals surface area contributed by atoms with E-state index in [0.29, 0.717) is 33.6 Å². The minimum absolute atomic E-state index is 0.113. The number of benzene rings is 10. The molecule has 0 aliphatic rings. The highest BCUT2D eigenvalue weighted by atomic mass is 79.9. The SMILES string of the molecule is [2H]c1c([2H])c([2H])c(-c2cnc(-c3ccc(-c4ccccc4-c4cc(-c5ccccc5-c5ccc(-c6cc(C)c(-c7c([2H])c([2H])c([2H])c([2H])c7[2H])cn6)cc5Br)cc(-c5ccccc5-c5ccc(-c6ccccn6)cc5-c5ccccc5)c4)c(Br)c3)cc2C)c([2H])c1[2H]. The summed E-state index contributed by atoms with van der Waals surface area (Å²) in [6, 6.07) is 67.7. The Morgan fingerprint density at radius 3 is 1.09 bits per heavy atom. The fraction of sp³-hybridized carbons (Fsp3) is 0.0260. The van der Waals surface area contributed by atoms with Crippen LogP contribution in [0.5, 0.6) is 0 Å². The van der Waals surface area contributed by atoms with Crippen molar-refractivity contribution >= 4 is 31.9 Å². The lowest BCUT2D eigenvalue weighted by atomic mass is 9.84. The molecule has 0 saturated heterocycles. The summed E-state index contributed by atoms with van der Waals surface area (Å²) in [4.78, 5) is 14.3. The minimum atomic E-state index is -0.442. The van der Waals surface area contributed by atoms with E-state index >= 15 is 0 Å². The summed E-state index contributed by atoms with van der Waals surface area (Å²) in [5.41, 5.74) is 21.5. The van der Waals surface area contributed by atoms with Crippen LogP contribution in [-0.2, 0) is 0 Å². The number of halogens is 2. The average molecular weight is 1190 g/mol. The predicted octanol–water partition coefficient (Wildman–Crippen LogP) is 22.0. The van der Waals surface area contributed by atoms with E-state index < -0.39 is 36.3 Å².